The number of carbonyl (C=O) groups excluding carboxylic acids is 1. The predicted octanol–water partition coefficient (Wildman–Crippen LogP) is 3.04. The Bertz CT molecular complexity index is 650. The normalized spacial score (nSPS) is 15.0. The molecule has 3 nitrogen and oxygen atoms in total. The molecule has 0 amide bonds. The first-order chi connectivity index (χ1) is 10.5. The Morgan fingerprint density at radius 3 is 2.27 bits per heavy atom. The third-order valence-electron chi connectivity index (χ3n) is 3.68. The second-order valence-corrected chi connectivity index (χ2v) is 6.86. The first-order valence-corrected chi connectivity index (χ1v) is 8.51. The van der Waals surface area contributed by atoms with E-state index >= 15 is 0 Å². The second-order valence-electron chi connectivity index (χ2n) is 5.41. The number of aliphatic hydroxyl groups is 1. The van der Waals surface area contributed by atoms with Gasteiger partial charge in [0.15, 0.2) is 5.78 Å². The molecule has 0 spiro atoms. The Labute approximate surface area is 133 Å². The van der Waals surface area contributed by atoms with Crippen molar-refractivity contribution < 1.29 is 14.1 Å². The molecular formula is C18H20O3S. The fourth-order valence-electron chi connectivity index (χ4n) is 2.15. The summed E-state index contributed by atoms with van der Waals surface area (Å²) in [5.41, 5.74) is 1.78. The summed E-state index contributed by atoms with van der Waals surface area (Å²) in [5.74, 6) is -0.860. The third-order valence-corrected chi connectivity index (χ3v) is 5.02. The zero-order chi connectivity index (χ0) is 16.1. The first-order valence-electron chi connectivity index (χ1n) is 7.20. The smallest absolute Gasteiger partial charge is 0.151 e. The third kappa shape index (κ3) is 4.12. The van der Waals surface area contributed by atoms with Crippen LogP contribution in [-0.2, 0) is 15.6 Å². The van der Waals surface area contributed by atoms with Gasteiger partial charge in [-0.15, -0.1) is 0 Å². The number of hydrogen-bond acceptors (Lipinski definition) is 3. The number of ketones is 1. The van der Waals surface area contributed by atoms with Crippen LogP contribution in [0.25, 0.3) is 0 Å². The van der Waals surface area contributed by atoms with E-state index in [1.807, 2.05) is 37.3 Å². The molecule has 0 aliphatic carbocycles. The van der Waals surface area contributed by atoms with Crippen LogP contribution in [0.4, 0.5) is 0 Å². The number of Topliss-reactive ketones (excluding diaryl/α,β-unsaturated/α-hetero) is 1. The van der Waals surface area contributed by atoms with Gasteiger partial charge in [-0.1, -0.05) is 55.0 Å². The van der Waals surface area contributed by atoms with E-state index < -0.39 is 22.8 Å². The minimum atomic E-state index is -1.38. The summed E-state index contributed by atoms with van der Waals surface area (Å²) in [6, 6.07) is 16.4. The SMILES string of the molecule is Cc1ccc(S(=O)CC(=O)[C@@H](C)[C@H](O)c2ccccc2)cc1. The Balaban J connectivity index is 2.02. The van der Waals surface area contributed by atoms with Crippen LogP contribution in [0.2, 0.25) is 0 Å². The van der Waals surface area contributed by atoms with Crippen LogP contribution in [0.5, 0.6) is 0 Å². The van der Waals surface area contributed by atoms with E-state index in [1.54, 1.807) is 31.2 Å². The molecule has 0 aliphatic rings. The van der Waals surface area contributed by atoms with Crippen molar-refractivity contribution in [3.8, 4) is 0 Å². The van der Waals surface area contributed by atoms with Gasteiger partial charge in [-0.25, -0.2) is 0 Å². The minimum Gasteiger partial charge on any atom is -0.388 e. The van der Waals surface area contributed by atoms with E-state index in [0.29, 0.717) is 10.5 Å². The van der Waals surface area contributed by atoms with Gasteiger partial charge in [-0.2, -0.15) is 0 Å². The Morgan fingerprint density at radius 1 is 1.09 bits per heavy atom. The van der Waals surface area contributed by atoms with Gasteiger partial charge in [0.2, 0.25) is 0 Å². The van der Waals surface area contributed by atoms with Crippen molar-refractivity contribution >= 4 is 16.6 Å². The average Bonchev–Trinajstić information content (AvgIpc) is 2.54. The molecule has 0 aliphatic heterocycles. The predicted molar refractivity (Wildman–Crippen MR) is 88.0 cm³/mol. The van der Waals surface area contributed by atoms with Crippen LogP contribution >= 0.6 is 0 Å². The van der Waals surface area contributed by atoms with Crippen molar-refractivity contribution in [1.29, 1.82) is 0 Å². The number of benzene rings is 2. The van der Waals surface area contributed by atoms with Gasteiger partial charge >= 0.3 is 0 Å². The lowest BCUT2D eigenvalue weighted by Gasteiger charge is -2.18. The van der Waals surface area contributed by atoms with E-state index in [0.717, 1.165) is 5.56 Å². The average molecular weight is 316 g/mol. The van der Waals surface area contributed by atoms with E-state index in [-0.39, 0.29) is 11.5 Å². The lowest BCUT2D eigenvalue weighted by molar-refractivity contribution is -0.123. The highest BCUT2D eigenvalue weighted by molar-refractivity contribution is 7.85. The van der Waals surface area contributed by atoms with Crippen molar-refractivity contribution in [3.05, 3.63) is 65.7 Å². The maximum absolute atomic E-state index is 12.3. The summed E-state index contributed by atoms with van der Waals surface area (Å²) >= 11 is 0. The van der Waals surface area contributed by atoms with Gasteiger partial charge in [0.1, 0.15) is 0 Å². The van der Waals surface area contributed by atoms with Crippen molar-refractivity contribution in [1.82, 2.24) is 0 Å². The molecule has 0 bridgehead atoms. The standard InChI is InChI=1S/C18H20O3S/c1-13-8-10-16(11-9-13)22(21)12-17(19)14(2)18(20)15-6-4-3-5-7-15/h3-11,14,18,20H,12H2,1-2H3/t14-,18+,22?/m1/s1. The number of hydrogen-bond donors (Lipinski definition) is 1. The van der Waals surface area contributed by atoms with Crippen LogP contribution in [-0.4, -0.2) is 20.9 Å². The van der Waals surface area contributed by atoms with Gasteiger partial charge < -0.3 is 5.11 Å². The van der Waals surface area contributed by atoms with Crippen molar-refractivity contribution in [2.24, 2.45) is 5.92 Å². The molecule has 116 valence electrons. The van der Waals surface area contributed by atoms with Gasteiger partial charge in [-0.05, 0) is 24.6 Å². The number of aryl methyl sites for hydroxylation is 1. The monoisotopic (exact) mass is 316 g/mol. The highest BCUT2D eigenvalue weighted by atomic mass is 32.2. The van der Waals surface area contributed by atoms with Gasteiger partial charge in [0.25, 0.3) is 0 Å². The largest absolute Gasteiger partial charge is 0.388 e. The topological polar surface area (TPSA) is 54.4 Å². The molecule has 22 heavy (non-hydrogen) atoms. The molecule has 0 saturated carbocycles. The number of aliphatic hydroxyl groups excluding tert-OH is 1. The van der Waals surface area contributed by atoms with Gasteiger partial charge in [0, 0.05) is 10.8 Å². The Morgan fingerprint density at radius 2 is 1.68 bits per heavy atom. The molecule has 4 heteroatoms. The van der Waals surface area contributed by atoms with E-state index in [1.165, 1.54) is 0 Å². The number of carbonyl (C=O) groups is 1. The summed E-state index contributed by atoms with van der Waals surface area (Å²) in [6.07, 6.45) is -0.872. The highest BCUT2D eigenvalue weighted by Gasteiger charge is 2.24. The molecule has 1 unspecified atom stereocenters. The minimum absolute atomic E-state index is 0.0753. The van der Waals surface area contributed by atoms with E-state index in [2.05, 4.69) is 0 Å². The molecule has 0 fully saturated rings. The zero-order valence-corrected chi connectivity index (χ0v) is 13.5. The molecule has 1 N–H and O–H groups in total. The van der Waals surface area contributed by atoms with E-state index in [9.17, 15) is 14.1 Å². The maximum Gasteiger partial charge on any atom is 0.151 e. The summed E-state index contributed by atoms with van der Waals surface area (Å²) in [6.45, 7) is 3.63. The number of rotatable bonds is 6. The van der Waals surface area contributed by atoms with Crippen LogP contribution in [0.1, 0.15) is 24.2 Å². The van der Waals surface area contributed by atoms with Crippen molar-refractivity contribution in [3.63, 3.8) is 0 Å². The summed E-state index contributed by atoms with van der Waals surface area (Å²) < 4.78 is 12.2. The fraction of sp³-hybridized carbons (Fsp3) is 0.278. The lowest BCUT2D eigenvalue weighted by atomic mass is 9.94. The van der Waals surface area contributed by atoms with E-state index in [4.69, 9.17) is 0 Å². The summed E-state index contributed by atoms with van der Waals surface area (Å²) in [5, 5.41) is 10.3. The van der Waals surface area contributed by atoms with Crippen LogP contribution in [0.3, 0.4) is 0 Å². The lowest BCUT2D eigenvalue weighted by Crippen LogP contribution is -2.24. The molecule has 0 aromatic heterocycles. The van der Waals surface area contributed by atoms with Gasteiger partial charge in [-0.3, -0.25) is 9.00 Å². The summed E-state index contributed by atoms with van der Waals surface area (Å²) in [7, 11) is -1.38. The molecule has 2 rings (SSSR count). The molecule has 0 saturated heterocycles. The summed E-state index contributed by atoms with van der Waals surface area (Å²) in [4.78, 5) is 12.9. The van der Waals surface area contributed by atoms with Crippen LogP contribution in [0, 0.1) is 12.8 Å². The quantitative estimate of drug-likeness (QED) is 0.891. The van der Waals surface area contributed by atoms with Crippen molar-refractivity contribution in [2.75, 3.05) is 5.75 Å². The first kappa shape index (κ1) is 16.6. The molecule has 0 heterocycles. The zero-order valence-electron chi connectivity index (χ0n) is 12.7. The highest BCUT2D eigenvalue weighted by Crippen LogP contribution is 2.23. The fourth-order valence-corrected chi connectivity index (χ4v) is 3.28. The molecular weight excluding hydrogens is 296 g/mol. The molecule has 3 atom stereocenters. The second kappa shape index (κ2) is 7.47. The molecule has 0 radical (unpaired) electrons. The molecule has 2 aromatic carbocycles. The van der Waals surface area contributed by atoms with Crippen molar-refractivity contribution in [2.45, 2.75) is 24.8 Å². The van der Waals surface area contributed by atoms with Gasteiger partial charge in [0.05, 0.1) is 22.7 Å². The molecule has 2 aromatic rings. The van der Waals surface area contributed by atoms with Crippen LogP contribution in [0.15, 0.2) is 59.5 Å². The Kier molecular flexibility index (Phi) is 5.63. The van der Waals surface area contributed by atoms with Crippen LogP contribution < -0.4 is 0 Å². The Hall–Kier alpha value is -1.78. The maximum atomic E-state index is 12.3.